The van der Waals surface area contributed by atoms with Crippen LogP contribution in [-0.2, 0) is 13.0 Å². The van der Waals surface area contributed by atoms with Gasteiger partial charge in [0.05, 0.1) is 6.54 Å². The van der Waals surface area contributed by atoms with Gasteiger partial charge in [0.15, 0.2) is 5.76 Å². The summed E-state index contributed by atoms with van der Waals surface area (Å²) in [7, 11) is 0. The number of hydrogen-bond acceptors (Lipinski definition) is 4. The normalized spacial score (nSPS) is 14.7. The van der Waals surface area contributed by atoms with Crippen molar-refractivity contribution >= 4 is 5.91 Å². The van der Waals surface area contributed by atoms with Crippen molar-refractivity contribution in [2.45, 2.75) is 26.0 Å². The van der Waals surface area contributed by atoms with E-state index < -0.39 is 0 Å². The maximum atomic E-state index is 12.5. The van der Waals surface area contributed by atoms with Gasteiger partial charge in [-0.1, -0.05) is 47.6 Å². The molecule has 1 aromatic heterocycles. The number of hydrogen-bond donors (Lipinski definition) is 1. The number of benzene rings is 3. The van der Waals surface area contributed by atoms with Gasteiger partial charge in [0.1, 0.15) is 17.5 Å². The number of carbonyl (C=O) groups excluding carboxylic acids is 1. The predicted molar refractivity (Wildman–Crippen MR) is 119 cm³/mol. The van der Waals surface area contributed by atoms with Crippen molar-refractivity contribution in [3.05, 3.63) is 95.7 Å². The van der Waals surface area contributed by atoms with E-state index in [0.29, 0.717) is 23.6 Å². The zero-order valence-electron chi connectivity index (χ0n) is 17.2. The molecule has 1 amide bonds. The monoisotopic (exact) mass is 410 g/mol. The Labute approximate surface area is 180 Å². The number of aromatic nitrogens is 1. The van der Waals surface area contributed by atoms with Crippen LogP contribution >= 0.6 is 0 Å². The summed E-state index contributed by atoms with van der Waals surface area (Å²) in [5.41, 5.74) is 5.61. The van der Waals surface area contributed by atoms with Crippen LogP contribution < -0.4 is 10.1 Å². The quantitative estimate of drug-likeness (QED) is 0.487. The Hall–Kier alpha value is -3.86. The number of amides is 1. The SMILES string of the molecule is CC1Cc2cc(-c3cc(CNC(=O)c4ccc(-c5ccccc5)cc4)no3)ccc2O1. The minimum atomic E-state index is -0.146. The van der Waals surface area contributed by atoms with Crippen LogP contribution in [0.1, 0.15) is 28.5 Å². The summed E-state index contributed by atoms with van der Waals surface area (Å²) in [6.07, 6.45) is 1.09. The van der Waals surface area contributed by atoms with Crippen LogP contribution in [0.25, 0.3) is 22.5 Å². The Morgan fingerprint density at radius 2 is 1.71 bits per heavy atom. The van der Waals surface area contributed by atoms with Crippen LogP contribution in [0.5, 0.6) is 5.75 Å². The molecule has 5 nitrogen and oxygen atoms in total. The van der Waals surface area contributed by atoms with Gasteiger partial charge in [-0.25, -0.2) is 0 Å². The molecular weight excluding hydrogens is 388 g/mol. The van der Waals surface area contributed by atoms with Crippen LogP contribution in [0, 0.1) is 0 Å². The van der Waals surface area contributed by atoms with E-state index in [1.807, 2.05) is 72.8 Å². The Kier molecular flexibility index (Phi) is 5.00. The highest BCUT2D eigenvalue weighted by molar-refractivity contribution is 5.94. The predicted octanol–water partition coefficient (Wildman–Crippen LogP) is 5.26. The summed E-state index contributed by atoms with van der Waals surface area (Å²) in [5, 5.41) is 7.00. The van der Waals surface area contributed by atoms with Gasteiger partial charge in [-0.2, -0.15) is 0 Å². The third kappa shape index (κ3) is 4.08. The third-order valence-corrected chi connectivity index (χ3v) is 5.42. The number of rotatable bonds is 5. The highest BCUT2D eigenvalue weighted by Gasteiger charge is 2.20. The molecule has 0 radical (unpaired) electrons. The minimum absolute atomic E-state index is 0.146. The topological polar surface area (TPSA) is 64.4 Å². The molecule has 0 bridgehead atoms. The van der Waals surface area contributed by atoms with Gasteiger partial charge in [0.25, 0.3) is 5.91 Å². The highest BCUT2D eigenvalue weighted by atomic mass is 16.5. The maximum Gasteiger partial charge on any atom is 0.251 e. The van der Waals surface area contributed by atoms with E-state index in [-0.39, 0.29) is 12.0 Å². The molecular formula is C26H22N2O3. The van der Waals surface area contributed by atoms with Crippen molar-refractivity contribution in [2.24, 2.45) is 0 Å². The molecule has 1 unspecified atom stereocenters. The first kappa shape index (κ1) is 19.1. The van der Waals surface area contributed by atoms with E-state index in [9.17, 15) is 4.79 Å². The fourth-order valence-corrected chi connectivity index (χ4v) is 3.82. The van der Waals surface area contributed by atoms with E-state index in [1.54, 1.807) is 0 Å². The largest absolute Gasteiger partial charge is 0.490 e. The highest BCUT2D eigenvalue weighted by Crippen LogP contribution is 2.33. The Morgan fingerprint density at radius 1 is 0.968 bits per heavy atom. The van der Waals surface area contributed by atoms with Crippen molar-refractivity contribution in [3.8, 4) is 28.2 Å². The fraction of sp³-hybridized carbons (Fsp3) is 0.154. The fourth-order valence-electron chi connectivity index (χ4n) is 3.82. The van der Waals surface area contributed by atoms with Crippen LogP contribution in [0.4, 0.5) is 0 Å². The van der Waals surface area contributed by atoms with Crippen molar-refractivity contribution in [3.63, 3.8) is 0 Å². The number of ether oxygens (including phenoxy) is 1. The average molecular weight is 410 g/mol. The second kappa shape index (κ2) is 8.11. The van der Waals surface area contributed by atoms with Gasteiger partial charge in [-0.3, -0.25) is 4.79 Å². The molecule has 0 spiro atoms. The van der Waals surface area contributed by atoms with E-state index in [2.05, 4.69) is 23.5 Å². The zero-order valence-corrected chi connectivity index (χ0v) is 17.2. The second-order valence-corrected chi connectivity index (χ2v) is 7.76. The van der Waals surface area contributed by atoms with Crippen LogP contribution in [0.2, 0.25) is 0 Å². The van der Waals surface area contributed by atoms with E-state index >= 15 is 0 Å². The number of carbonyl (C=O) groups is 1. The lowest BCUT2D eigenvalue weighted by Crippen LogP contribution is -2.22. The molecule has 0 saturated carbocycles. The third-order valence-electron chi connectivity index (χ3n) is 5.42. The van der Waals surface area contributed by atoms with Gasteiger partial charge in [-0.05, 0) is 53.9 Å². The average Bonchev–Trinajstić information content (AvgIpc) is 3.43. The molecule has 1 aliphatic rings. The lowest BCUT2D eigenvalue weighted by molar-refractivity contribution is 0.0950. The van der Waals surface area contributed by atoms with Gasteiger partial charge in [-0.15, -0.1) is 0 Å². The first-order chi connectivity index (χ1) is 15.2. The smallest absolute Gasteiger partial charge is 0.251 e. The van der Waals surface area contributed by atoms with Crippen LogP contribution in [0.3, 0.4) is 0 Å². The molecule has 31 heavy (non-hydrogen) atoms. The molecule has 5 rings (SSSR count). The summed E-state index contributed by atoms with van der Waals surface area (Å²) in [6, 6.07) is 25.5. The van der Waals surface area contributed by atoms with Crippen molar-refractivity contribution < 1.29 is 14.1 Å². The summed E-state index contributed by atoms with van der Waals surface area (Å²) < 4.78 is 11.2. The molecule has 1 N–H and O–H groups in total. The zero-order chi connectivity index (χ0) is 21.2. The summed E-state index contributed by atoms with van der Waals surface area (Å²) in [5.74, 6) is 1.47. The number of fused-ring (bicyclic) bond motifs is 1. The number of nitrogens with one attached hydrogen (secondary N) is 1. The Balaban J connectivity index is 1.22. The van der Waals surface area contributed by atoms with Gasteiger partial charge >= 0.3 is 0 Å². The molecule has 3 aromatic carbocycles. The standard InChI is InChI=1S/C26H22N2O3/c1-17-13-22-14-21(11-12-24(22)30-17)25-15-23(28-31-25)16-27-26(29)20-9-7-19(8-10-20)18-5-3-2-4-6-18/h2-12,14-15,17H,13,16H2,1H3,(H,27,29). The maximum absolute atomic E-state index is 12.5. The first-order valence-electron chi connectivity index (χ1n) is 10.3. The van der Waals surface area contributed by atoms with Gasteiger partial charge < -0.3 is 14.6 Å². The van der Waals surface area contributed by atoms with Gasteiger partial charge in [0.2, 0.25) is 0 Å². The molecule has 5 heteroatoms. The lowest BCUT2D eigenvalue weighted by Gasteiger charge is -2.05. The van der Waals surface area contributed by atoms with Crippen molar-refractivity contribution in [2.75, 3.05) is 0 Å². The summed E-state index contributed by atoms with van der Waals surface area (Å²) >= 11 is 0. The van der Waals surface area contributed by atoms with E-state index in [4.69, 9.17) is 9.26 Å². The molecule has 1 aliphatic heterocycles. The second-order valence-electron chi connectivity index (χ2n) is 7.76. The van der Waals surface area contributed by atoms with Gasteiger partial charge in [0, 0.05) is 23.6 Å². The molecule has 154 valence electrons. The molecule has 2 heterocycles. The van der Waals surface area contributed by atoms with Crippen LogP contribution in [-0.4, -0.2) is 17.2 Å². The van der Waals surface area contributed by atoms with Crippen molar-refractivity contribution in [1.29, 1.82) is 0 Å². The summed E-state index contributed by atoms with van der Waals surface area (Å²) in [6.45, 7) is 2.36. The molecule has 0 fully saturated rings. The lowest BCUT2D eigenvalue weighted by atomic mass is 10.0. The molecule has 0 aliphatic carbocycles. The summed E-state index contributed by atoms with van der Waals surface area (Å²) in [4.78, 5) is 12.5. The Bertz CT molecular complexity index is 1210. The molecule has 4 aromatic rings. The minimum Gasteiger partial charge on any atom is -0.490 e. The van der Waals surface area contributed by atoms with Crippen LogP contribution in [0.15, 0.2) is 83.4 Å². The van der Waals surface area contributed by atoms with E-state index in [0.717, 1.165) is 28.9 Å². The number of nitrogens with zero attached hydrogens (tertiary/aromatic N) is 1. The molecule has 1 atom stereocenters. The first-order valence-corrected chi connectivity index (χ1v) is 10.3. The van der Waals surface area contributed by atoms with Crippen molar-refractivity contribution in [1.82, 2.24) is 10.5 Å². The molecule has 0 saturated heterocycles. The van der Waals surface area contributed by atoms with E-state index in [1.165, 1.54) is 5.56 Å². The Morgan fingerprint density at radius 3 is 2.52 bits per heavy atom.